The summed E-state index contributed by atoms with van der Waals surface area (Å²) in [4.78, 5) is 81.5. The minimum absolute atomic E-state index is 0.0711. The van der Waals surface area contributed by atoms with E-state index in [1.807, 2.05) is 48.5 Å². The summed E-state index contributed by atoms with van der Waals surface area (Å²) in [7, 11) is 0. The van der Waals surface area contributed by atoms with Crippen molar-refractivity contribution in [2.75, 3.05) is 13.1 Å². The van der Waals surface area contributed by atoms with Gasteiger partial charge in [-0.1, -0.05) is 87.3 Å². The van der Waals surface area contributed by atoms with Gasteiger partial charge in [0, 0.05) is 31.9 Å². The molecule has 2 aliphatic rings. The van der Waals surface area contributed by atoms with Crippen molar-refractivity contribution in [1.29, 1.82) is 0 Å². The molecular weight excluding hydrogens is 612 g/mol. The monoisotopic (exact) mass is 668 g/mol. The number of nitrogens with zero attached hydrogens (tertiary/aromatic N) is 2. The first-order chi connectivity index (χ1) is 22.2. The molecule has 6 atom stereocenters. The molecule has 1 aromatic rings. The van der Waals surface area contributed by atoms with Crippen molar-refractivity contribution in [3.63, 3.8) is 0 Å². The van der Waals surface area contributed by atoms with Gasteiger partial charge in [0.05, 0.1) is 12.1 Å². The molecule has 0 spiro atoms. The number of carbonyl (C=O) groups excluding carboxylic acids is 5. The SMILES string of the molecule is C=CCNC(=O)C(=O)C(CCCC)NC(=O)[C@@H]1[C@@H]2[C@H](CN1C(=O)[C@@H](NC(=O)N[C@H](Cn1ccccc1=O)C(C)(C)C)C(C)(C)C)C2(C)C. The second kappa shape index (κ2) is 15.1. The Hall–Kier alpha value is -3.96. The molecule has 4 N–H and O–H groups in total. The van der Waals surface area contributed by atoms with Crippen LogP contribution >= 0.6 is 0 Å². The highest BCUT2D eigenvalue weighted by Gasteiger charge is 2.70. The number of piperidine rings is 1. The highest BCUT2D eigenvalue weighted by Crippen LogP contribution is 2.65. The van der Waals surface area contributed by atoms with Gasteiger partial charge in [0.15, 0.2) is 0 Å². The summed E-state index contributed by atoms with van der Waals surface area (Å²) in [5.41, 5.74) is -1.53. The molecule has 0 bridgehead atoms. The Bertz CT molecular complexity index is 1440. The molecular formula is C36H56N6O6. The summed E-state index contributed by atoms with van der Waals surface area (Å²) in [6.45, 7) is 21.7. The Morgan fingerprint density at radius 2 is 1.69 bits per heavy atom. The fraction of sp³-hybridized carbons (Fsp3) is 0.667. The van der Waals surface area contributed by atoms with E-state index in [9.17, 15) is 28.8 Å². The summed E-state index contributed by atoms with van der Waals surface area (Å²) < 4.78 is 1.53. The first kappa shape index (κ1) is 38.5. The molecule has 12 nitrogen and oxygen atoms in total. The van der Waals surface area contributed by atoms with E-state index in [0.29, 0.717) is 13.0 Å². The summed E-state index contributed by atoms with van der Waals surface area (Å²) in [5, 5.41) is 11.2. The zero-order chi connectivity index (χ0) is 36.2. The third-order valence-electron chi connectivity index (χ3n) is 9.89. The predicted molar refractivity (Wildman–Crippen MR) is 185 cm³/mol. The number of hydrogen-bond acceptors (Lipinski definition) is 6. The highest BCUT2D eigenvalue weighted by molar-refractivity contribution is 6.38. The number of urea groups is 1. The molecule has 0 radical (unpaired) electrons. The number of ketones is 1. The number of aromatic nitrogens is 1. The number of hydrogen-bond donors (Lipinski definition) is 4. The molecule has 1 saturated carbocycles. The first-order valence-electron chi connectivity index (χ1n) is 17.0. The van der Waals surface area contributed by atoms with Crippen LogP contribution in [-0.2, 0) is 25.7 Å². The molecule has 1 unspecified atom stereocenters. The average Bonchev–Trinajstić information content (AvgIpc) is 3.31. The van der Waals surface area contributed by atoms with Gasteiger partial charge in [0.1, 0.15) is 12.1 Å². The van der Waals surface area contributed by atoms with Crippen molar-refractivity contribution in [1.82, 2.24) is 30.7 Å². The van der Waals surface area contributed by atoms with Gasteiger partial charge in [-0.2, -0.15) is 0 Å². The second-order valence-corrected chi connectivity index (χ2v) is 16.0. The minimum atomic E-state index is -1.03. The highest BCUT2D eigenvalue weighted by atomic mass is 16.2. The maximum atomic E-state index is 14.4. The van der Waals surface area contributed by atoms with Crippen molar-refractivity contribution in [2.45, 2.75) is 112 Å². The molecule has 2 fully saturated rings. The van der Waals surface area contributed by atoms with Crippen molar-refractivity contribution >= 4 is 29.5 Å². The fourth-order valence-electron chi connectivity index (χ4n) is 6.65. The zero-order valence-electron chi connectivity index (χ0n) is 30.1. The molecule has 0 aromatic carbocycles. The van der Waals surface area contributed by atoms with Gasteiger partial charge in [-0.05, 0) is 40.6 Å². The molecule has 1 aliphatic heterocycles. The van der Waals surface area contributed by atoms with E-state index in [4.69, 9.17) is 0 Å². The Morgan fingerprint density at radius 1 is 1.02 bits per heavy atom. The lowest BCUT2D eigenvalue weighted by molar-refractivity contribution is -0.145. The van der Waals surface area contributed by atoms with E-state index in [0.717, 1.165) is 6.42 Å². The van der Waals surface area contributed by atoms with Crippen LogP contribution in [0.5, 0.6) is 0 Å². The van der Waals surface area contributed by atoms with E-state index in [1.165, 1.54) is 21.6 Å². The van der Waals surface area contributed by atoms with Crippen LogP contribution in [0.25, 0.3) is 0 Å². The van der Waals surface area contributed by atoms with Crippen LogP contribution in [0.2, 0.25) is 0 Å². The molecule has 1 saturated heterocycles. The van der Waals surface area contributed by atoms with Gasteiger partial charge in [-0.3, -0.25) is 24.0 Å². The summed E-state index contributed by atoms with van der Waals surface area (Å²) >= 11 is 0. The number of unbranched alkanes of at least 4 members (excludes halogenated alkanes) is 1. The van der Waals surface area contributed by atoms with Gasteiger partial charge in [0.2, 0.25) is 17.6 Å². The lowest BCUT2D eigenvalue weighted by atomic mass is 9.85. The van der Waals surface area contributed by atoms with Crippen LogP contribution in [0.3, 0.4) is 0 Å². The van der Waals surface area contributed by atoms with Crippen LogP contribution in [0.1, 0.15) is 81.6 Å². The molecule has 1 aromatic heterocycles. The normalized spacial score (nSPS) is 21.6. The van der Waals surface area contributed by atoms with Crippen molar-refractivity contribution in [2.24, 2.45) is 28.1 Å². The smallest absolute Gasteiger partial charge is 0.315 e. The first-order valence-corrected chi connectivity index (χ1v) is 17.0. The number of Topliss-reactive ketones (excluding diaryl/α,β-unsaturated/α-hetero) is 1. The molecule has 2 heterocycles. The van der Waals surface area contributed by atoms with Gasteiger partial charge in [0.25, 0.3) is 11.5 Å². The van der Waals surface area contributed by atoms with E-state index in [-0.39, 0.29) is 42.3 Å². The van der Waals surface area contributed by atoms with Crippen LogP contribution in [0.4, 0.5) is 4.79 Å². The molecule has 3 rings (SSSR count). The predicted octanol–water partition coefficient (Wildman–Crippen LogP) is 3.01. The van der Waals surface area contributed by atoms with Gasteiger partial charge < -0.3 is 30.7 Å². The topological polar surface area (TPSA) is 159 Å². The lowest BCUT2D eigenvalue weighted by Gasteiger charge is -2.38. The summed E-state index contributed by atoms with van der Waals surface area (Å²) in [6, 6.07) is 0.969. The van der Waals surface area contributed by atoms with Crippen LogP contribution in [0.15, 0.2) is 41.8 Å². The number of fused-ring (bicyclic) bond motifs is 1. The molecule has 5 amide bonds. The lowest BCUT2D eigenvalue weighted by Crippen LogP contribution is -2.62. The third kappa shape index (κ3) is 8.93. The Morgan fingerprint density at radius 3 is 2.25 bits per heavy atom. The second-order valence-electron chi connectivity index (χ2n) is 16.0. The summed E-state index contributed by atoms with van der Waals surface area (Å²) in [6.07, 6.45) is 4.81. The van der Waals surface area contributed by atoms with Gasteiger partial charge in [-0.25, -0.2) is 4.79 Å². The van der Waals surface area contributed by atoms with Gasteiger partial charge in [-0.15, -0.1) is 6.58 Å². The molecule has 1 aliphatic carbocycles. The largest absolute Gasteiger partial charge is 0.346 e. The average molecular weight is 669 g/mol. The van der Waals surface area contributed by atoms with Gasteiger partial charge >= 0.3 is 6.03 Å². The molecule has 12 heteroatoms. The van der Waals surface area contributed by atoms with Crippen LogP contribution < -0.4 is 26.8 Å². The summed E-state index contributed by atoms with van der Waals surface area (Å²) in [5.74, 6) is -2.48. The van der Waals surface area contributed by atoms with Crippen molar-refractivity contribution in [3.8, 4) is 0 Å². The standard InChI is InChI=1S/C36H56N6O6/c1-11-13-16-23(28(44)31(46)37-18-12-2)38-30(45)27-26-22(36(26,9)10)20-42(27)32(47)29(35(6,7)8)40-33(48)39-24(34(3,4)5)21-41-19-15-14-17-25(41)43/h12,14-15,17,19,22-24,26-27,29H,2,11,13,16,18,20-21H2,1,3-10H3,(H,37,46)(H,38,45)(H2,39,40,48)/t22-,23?,24+,26-,27-,29+/m0/s1. The number of likely N-dealkylation sites (tertiary alicyclic amines) is 1. The number of carbonyl (C=O) groups is 5. The third-order valence-corrected chi connectivity index (χ3v) is 9.89. The van der Waals surface area contributed by atoms with E-state index in [1.54, 1.807) is 18.3 Å². The van der Waals surface area contributed by atoms with E-state index in [2.05, 4.69) is 41.7 Å². The Labute approximate surface area is 284 Å². The zero-order valence-corrected chi connectivity index (χ0v) is 30.1. The van der Waals surface area contributed by atoms with Crippen LogP contribution in [0, 0.1) is 28.1 Å². The quantitative estimate of drug-likeness (QED) is 0.176. The number of pyridine rings is 1. The van der Waals surface area contributed by atoms with Crippen molar-refractivity contribution < 1.29 is 24.0 Å². The molecule has 48 heavy (non-hydrogen) atoms. The van der Waals surface area contributed by atoms with E-state index >= 15 is 0 Å². The Kier molecular flexibility index (Phi) is 12.1. The Balaban J connectivity index is 1.84. The van der Waals surface area contributed by atoms with Crippen LogP contribution in [-0.4, -0.2) is 76.3 Å². The number of rotatable bonds is 14. The number of nitrogens with one attached hydrogen (secondary N) is 4. The maximum absolute atomic E-state index is 14.4. The fourth-order valence-corrected chi connectivity index (χ4v) is 6.65. The molecule has 266 valence electrons. The number of amides is 5. The van der Waals surface area contributed by atoms with E-state index < -0.39 is 64.5 Å². The maximum Gasteiger partial charge on any atom is 0.315 e. The minimum Gasteiger partial charge on any atom is -0.346 e. The van der Waals surface area contributed by atoms with Crippen molar-refractivity contribution in [3.05, 3.63) is 47.4 Å².